The molecule has 8 nitrogen and oxygen atoms in total. The van der Waals surface area contributed by atoms with Crippen molar-refractivity contribution in [2.24, 2.45) is 0 Å². The number of rotatable bonds is 5. The van der Waals surface area contributed by atoms with Crippen LogP contribution in [0.4, 0.5) is 5.95 Å². The quantitative estimate of drug-likeness (QED) is 0.540. The third-order valence-corrected chi connectivity index (χ3v) is 4.27. The van der Waals surface area contributed by atoms with Crippen molar-refractivity contribution in [2.75, 3.05) is 18.5 Å². The van der Waals surface area contributed by atoms with E-state index in [1.807, 2.05) is 23.6 Å². The van der Waals surface area contributed by atoms with Gasteiger partial charge in [-0.1, -0.05) is 0 Å². The van der Waals surface area contributed by atoms with Crippen molar-refractivity contribution in [3.05, 3.63) is 29.8 Å². The van der Waals surface area contributed by atoms with E-state index in [4.69, 9.17) is 4.74 Å². The zero-order valence-electron chi connectivity index (χ0n) is 12.8. The lowest BCUT2D eigenvalue weighted by Gasteiger charge is -2.02. The standard InChI is InChI=1S/C15H14N6O2S/c1-2-23-12(22)8-17-14-19-15-18-10-7-9(13-16-5-6-24-13)3-4-11(10)21(15)20-14/h3-7H,2,8H2,1H3,(H2,17,18,19,20). The van der Waals surface area contributed by atoms with Crippen molar-refractivity contribution >= 4 is 40.1 Å². The topological polar surface area (TPSA) is 97.2 Å². The summed E-state index contributed by atoms with van der Waals surface area (Å²) < 4.78 is 6.64. The molecule has 0 radical (unpaired) electrons. The molecular weight excluding hydrogens is 328 g/mol. The summed E-state index contributed by atoms with van der Waals surface area (Å²) in [7, 11) is 0. The number of carbonyl (C=O) groups is 1. The number of aromatic amines is 1. The number of carbonyl (C=O) groups excluding carboxylic acids is 1. The molecule has 4 aromatic rings. The zero-order chi connectivity index (χ0) is 16.5. The van der Waals surface area contributed by atoms with Crippen molar-refractivity contribution in [1.82, 2.24) is 24.6 Å². The molecule has 0 saturated heterocycles. The predicted molar refractivity (Wildman–Crippen MR) is 91.1 cm³/mol. The third-order valence-electron chi connectivity index (χ3n) is 3.45. The van der Waals surface area contributed by atoms with E-state index in [0.29, 0.717) is 18.3 Å². The molecule has 0 aliphatic rings. The molecule has 0 atom stereocenters. The second-order valence-corrected chi connectivity index (χ2v) is 5.91. The fraction of sp³-hybridized carbons (Fsp3) is 0.200. The Morgan fingerprint density at radius 2 is 2.33 bits per heavy atom. The number of hydrogen-bond acceptors (Lipinski definition) is 7. The minimum Gasteiger partial charge on any atom is -0.465 e. The van der Waals surface area contributed by atoms with Gasteiger partial charge in [0.2, 0.25) is 5.95 Å². The van der Waals surface area contributed by atoms with Crippen LogP contribution in [0, 0.1) is 0 Å². The Kier molecular flexibility index (Phi) is 3.62. The monoisotopic (exact) mass is 342 g/mol. The van der Waals surface area contributed by atoms with Gasteiger partial charge in [-0.15, -0.1) is 11.3 Å². The van der Waals surface area contributed by atoms with E-state index in [2.05, 4.69) is 25.4 Å². The van der Waals surface area contributed by atoms with Crippen LogP contribution in [0.15, 0.2) is 29.8 Å². The Balaban J connectivity index is 1.63. The summed E-state index contributed by atoms with van der Waals surface area (Å²) in [6.45, 7) is 2.18. The van der Waals surface area contributed by atoms with Gasteiger partial charge < -0.3 is 10.1 Å². The van der Waals surface area contributed by atoms with E-state index < -0.39 is 0 Å². The van der Waals surface area contributed by atoms with E-state index in [0.717, 1.165) is 21.6 Å². The molecule has 0 unspecified atom stereocenters. The van der Waals surface area contributed by atoms with Crippen LogP contribution >= 0.6 is 11.3 Å². The zero-order valence-corrected chi connectivity index (χ0v) is 13.6. The lowest BCUT2D eigenvalue weighted by molar-refractivity contribution is -0.140. The molecule has 0 bridgehead atoms. The van der Waals surface area contributed by atoms with Gasteiger partial charge in [-0.05, 0) is 25.1 Å². The van der Waals surface area contributed by atoms with Crippen LogP contribution < -0.4 is 5.32 Å². The number of thiazole rings is 1. The molecule has 9 heteroatoms. The maximum absolute atomic E-state index is 11.4. The van der Waals surface area contributed by atoms with Crippen molar-refractivity contribution in [3.8, 4) is 10.6 Å². The van der Waals surface area contributed by atoms with E-state index in [1.54, 1.807) is 29.0 Å². The smallest absolute Gasteiger partial charge is 0.325 e. The van der Waals surface area contributed by atoms with Gasteiger partial charge in [0.15, 0.2) is 0 Å². The molecule has 3 heterocycles. The summed E-state index contributed by atoms with van der Waals surface area (Å²) in [6, 6.07) is 5.96. The van der Waals surface area contributed by atoms with E-state index >= 15 is 0 Å². The lowest BCUT2D eigenvalue weighted by Crippen LogP contribution is -2.17. The molecule has 0 spiro atoms. The number of aromatic nitrogens is 5. The molecule has 0 saturated carbocycles. The number of nitrogens with one attached hydrogen (secondary N) is 2. The summed E-state index contributed by atoms with van der Waals surface area (Å²) in [5.74, 6) is 0.675. The maximum atomic E-state index is 11.4. The first-order valence-electron chi connectivity index (χ1n) is 7.42. The minimum atomic E-state index is -0.329. The van der Waals surface area contributed by atoms with Crippen molar-refractivity contribution in [3.63, 3.8) is 0 Å². The fourth-order valence-electron chi connectivity index (χ4n) is 2.43. The first kappa shape index (κ1) is 14.6. The number of benzene rings is 1. The highest BCUT2D eigenvalue weighted by molar-refractivity contribution is 7.13. The minimum absolute atomic E-state index is 0.0522. The maximum Gasteiger partial charge on any atom is 0.325 e. The first-order chi connectivity index (χ1) is 11.7. The SMILES string of the molecule is CCOC(=O)CNc1nc2nc3cc(-c4nccs4)ccc3n2[nH]1. The van der Waals surface area contributed by atoms with Gasteiger partial charge in [0.05, 0.1) is 17.6 Å². The molecular formula is C15H14N6O2S. The number of anilines is 1. The predicted octanol–water partition coefficient (Wildman–Crippen LogP) is 2.31. The molecule has 4 rings (SSSR count). The molecule has 122 valence electrons. The van der Waals surface area contributed by atoms with Gasteiger partial charge in [0, 0.05) is 17.1 Å². The number of nitrogens with zero attached hydrogens (tertiary/aromatic N) is 4. The Hall–Kier alpha value is -2.94. The molecule has 0 aliphatic heterocycles. The van der Waals surface area contributed by atoms with Crippen LogP contribution in [0.5, 0.6) is 0 Å². The molecule has 24 heavy (non-hydrogen) atoms. The number of imidazole rings is 1. The number of H-pyrrole nitrogens is 1. The summed E-state index contributed by atoms with van der Waals surface area (Å²) in [5, 5.41) is 8.88. The van der Waals surface area contributed by atoms with Crippen molar-refractivity contribution in [1.29, 1.82) is 0 Å². The van der Waals surface area contributed by atoms with Gasteiger partial charge in [-0.2, -0.15) is 4.98 Å². The van der Waals surface area contributed by atoms with Gasteiger partial charge in [0.1, 0.15) is 11.6 Å². The second kappa shape index (κ2) is 5.93. The lowest BCUT2D eigenvalue weighted by atomic mass is 10.2. The largest absolute Gasteiger partial charge is 0.465 e. The highest BCUT2D eigenvalue weighted by Gasteiger charge is 2.12. The van der Waals surface area contributed by atoms with Gasteiger partial charge in [-0.25, -0.2) is 14.5 Å². The van der Waals surface area contributed by atoms with Crippen LogP contribution in [0.1, 0.15) is 6.92 Å². The Labute approximate surface area is 140 Å². The number of fused-ring (bicyclic) bond motifs is 3. The summed E-state index contributed by atoms with van der Waals surface area (Å²) in [6.07, 6.45) is 1.78. The van der Waals surface area contributed by atoms with Crippen LogP contribution in [-0.2, 0) is 9.53 Å². The Bertz CT molecular complexity index is 1000. The average Bonchev–Trinajstić information content (AvgIpc) is 3.28. The Morgan fingerprint density at radius 1 is 1.42 bits per heavy atom. The van der Waals surface area contributed by atoms with Crippen LogP contribution in [-0.4, -0.2) is 43.7 Å². The molecule has 2 N–H and O–H groups in total. The molecule has 0 fully saturated rings. The Morgan fingerprint density at radius 3 is 3.12 bits per heavy atom. The summed E-state index contributed by atoms with van der Waals surface area (Å²) >= 11 is 1.59. The van der Waals surface area contributed by atoms with Crippen molar-refractivity contribution < 1.29 is 9.53 Å². The highest BCUT2D eigenvalue weighted by atomic mass is 32.1. The highest BCUT2D eigenvalue weighted by Crippen LogP contribution is 2.26. The average molecular weight is 342 g/mol. The van der Waals surface area contributed by atoms with Gasteiger partial charge in [0.25, 0.3) is 5.78 Å². The first-order valence-corrected chi connectivity index (χ1v) is 8.30. The third kappa shape index (κ3) is 2.58. The molecule has 1 aromatic carbocycles. The van der Waals surface area contributed by atoms with Crippen LogP contribution in [0.2, 0.25) is 0 Å². The summed E-state index contributed by atoms with van der Waals surface area (Å²) in [4.78, 5) is 24.5. The van der Waals surface area contributed by atoms with Gasteiger partial charge in [-0.3, -0.25) is 9.89 Å². The van der Waals surface area contributed by atoms with Crippen LogP contribution in [0.3, 0.4) is 0 Å². The number of esters is 1. The van der Waals surface area contributed by atoms with E-state index in [-0.39, 0.29) is 12.5 Å². The summed E-state index contributed by atoms with van der Waals surface area (Å²) in [5.41, 5.74) is 2.76. The molecule has 0 amide bonds. The fourth-order valence-corrected chi connectivity index (χ4v) is 3.07. The second-order valence-electron chi connectivity index (χ2n) is 5.02. The van der Waals surface area contributed by atoms with E-state index in [9.17, 15) is 4.79 Å². The number of hydrogen-bond donors (Lipinski definition) is 2. The van der Waals surface area contributed by atoms with E-state index in [1.165, 1.54) is 0 Å². The molecule has 3 aromatic heterocycles. The molecule has 0 aliphatic carbocycles. The van der Waals surface area contributed by atoms with Gasteiger partial charge >= 0.3 is 5.97 Å². The van der Waals surface area contributed by atoms with Crippen LogP contribution in [0.25, 0.3) is 27.4 Å². The number of ether oxygens (including phenoxy) is 1. The normalized spacial score (nSPS) is 11.2. The van der Waals surface area contributed by atoms with Crippen molar-refractivity contribution in [2.45, 2.75) is 6.92 Å².